The number of hydrogen-bond donors (Lipinski definition) is 0. The molecule has 0 amide bonds. The number of rotatable bonds is 3. The molecule has 3 aliphatic rings. The van der Waals surface area contributed by atoms with E-state index in [1.54, 1.807) is 12.3 Å². The van der Waals surface area contributed by atoms with Crippen LogP contribution in [0.5, 0.6) is 0 Å². The van der Waals surface area contributed by atoms with Crippen LogP contribution in [0.4, 0.5) is 13.2 Å². The molecule has 197 valence electrons. The fourth-order valence-corrected chi connectivity index (χ4v) is 11.7. The summed E-state index contributed by atoms with van der Waals surface area (Å²) in [5.41, 5.74) is -1.34. The Bertz CT molecular complexity index is 632. The predicted molar refractivity (Wildman–Crippen MR) is 132 cm³/mol. The number of allylic oxidation sites excluding steroid dienone is 4. The summed E-state index contributed by atoms with van der Waals surface area (Å²) in [7, 11) is -5.30. The topological polar surface area (TPSA) is 57.2 Å². The first-order valence-electron chi connectivity index (χ1n) is 11.7. The van der Waals surface area contributed by atoms with E-state index in [9.17, 15) is 13.2 Å². The van der Waals surface area contributed by atoms with Crippen LogP contribution in [0.15, 0.2) is 24.3 Å². The Morgan fingerprint density at radius 1 is 0.727 bits per heavy atom. The van der Waals surface area contributed by atoms with E-state index in [1.807, 2.05) is 0 Å². The van der Waals surface area contributed by atoms with Crippen molar-refractivity contribution >= 4 is 26.0 Å². The molecular formula is C23H40F3O3P2RhS-. The average molecular weight is 618 g/mol. The maximum Gasteiger partial charge on any atom is 0.485 e. The van der Waals surface area contributed by atoms with Gasteiger partial charge < -0.3 is 4.55 Å². The number of alkyl halides is 3. The third kappa shape index (κ3) is 13.0. The second-order valence-corrected chi connectivity index (χ2v) is 16.9. The Hall–Kier alpha value is 0.663. The maximum atomic E-state index is 10.7. The molecule has 3 rings (SSSR count). The Kier molecular flexibility index (Phi) is 16.7. The van der Waals surface area contributed by atoms with E-state index in [-0.39, 0.29) is 19.5 Å². The second-order valence-electron chi connectivity index (χ2n) is 9.02. The molecule has 3 nitrogen and oxygen atoms in total. The minimum absolute atomic E-state index is 0. The minimum Gasteiger partial charge on any atom is -0.741 e. The van der Waals surface area contributed by atoms with Crippen molar-refractivity contribution in [3.05, 3.63) is 24.3 Å². The molecule has 0 N–H and O–H groups in total. The van der Waals surface area contributed by atoms with Crippen LogP contribution < -0.4 is 0 Å². The van der Waals surface area contributed by atoms with E-state index < -0.39 is 15.6 Å². The first-order valence-corrected chi connectivity index (χ1v) is 16.4. The van der Waals surface area contributed by atoms with Gasteiger partial charge in [-0.05, 0) is 86.3 Å². The van der Waals surface area contributed by atoms with Crippen LogP contribution in [0.25, 0.3) is 0 Å². The summed E-state index contributed by atoms with van der Waals surface area (Å²) in [4.78, 5) is 0. The van der Waals surface area contributed by atoms with Gasteiger partial charge in [0, 0.05) is 19.5 Å². The molecule has 0 aromatic carbocycles. The van der Waals surface area contributed by atoms with Crippen LogP contribution in [-0.4, -0.2) is 53.4 Å². The van der Waals surface area contributed by atoms with Crippen LogP contribution in [0.1, 0.15) is 79.1 Å². The summed E-state index contributed by atoms with van der Waals surface area (Å²) in [5.74, 6) is 0. The van der Waals surface area contributed by atoms with Gasteiger partial charge in [-0.25, -0.2) is 8.42 Å². The van der Waals surface area contributed by atoms with E-state index in [0.29, 0.717) is 15.8 Å². The molecule has 0 spiro atoms. The monoisotopic (exact) mass is 618 g/mol. The van der Waals surface area contributed by atoms with Crippen molar-refractivity contribution < 1.29 is 45.6 Å². The van der Waals surface area contributed by atoms with Crippen molar-refractivity contribution in [2.45, 2.75) is 107 Å². The van der Waals surface area contributed by atoms with Gasteiger partial charge in [0.25, 0.3) is 0 Å². The van der Waals surface area contributed by atoms with Gasteiger partial charge in [0.15, 0.2) is 10.1 Å². The fraction of sp³-hybridized carbons (Fsp3) is 0.826. The Morgan fingerprint density at radius 3 is 1.12 bits per heavy atom. The van der Waals surface area contributed by atoms with Crippen molar-refractivity contribution in [1.29, 1.82) is 0 Å². The Labute approximate surface area is 214 Å². The number of hydrogen-bond acceptors (Lipinski definition) is 3. The normalized spacial score (nSPS) is 30.5. The summed E-state index contributed by atoms with van der Waals surface area (Å²) in [5, 5.41) is 0. The van der Waals surface area contributed by atoms with Crippen LogP contribution in [0.2, 0.25) is 0 Å². The molecule has 1 radical (unpaired) electrons. The molecule has 33 heavy (non-hydrogen) atoms. The molecule has 10 heteroatoms. The third-order valence-electron chi connectivity index (χ3n) is 6.50. The summed E-state index contributed by atoms with van der Waals surface area (Å²) >= 11 is 0. The van der Waals surface area contributed by atoms with Gasteiger partial charge >= 0.3 is 5.51 Å². The summed E-state index contributed by atoms with van der Waals surface area (Å²) in [6.45, 7) is 10.1. The molecule has 1 aliphatic carbocycles. The quantitative estimate of drug-likeness (QED) is 0.107. The third-order valence-corrected chi connectivity index (χ3v) is 14.5. The first kappa shape index (κ1) is 33.7. The molecule has 0 saturated carbocycles. The van der Waals surface area contributed by atoms with Gasteiger partial charge in [-0.3, -0.25) is 0 Å². The molecule has 2 saturated heterocycles. The van der Waals surface area contributed by atoms with E-state index in [2.05, 4.69) is 52.0 Å². The van der Waals surface area contributed by atoms with E-state index >= 15 is 0 Å². The molecule has 0 bridgehead atoms. The first-order chi connectivity index (χ1) is 14.8. The van der Waals surface area contributed by atoms with E-state index in [4.69, 9.17) is 13.0 Å². The van der Waals surface area contributed by atoms with Crippen LogP contribution >= 0.6 is 15.8 Å². The molecule has 2 fully saturated rings. The minimum atomic E-state index is -6.09. The molecule has 0 unspecified atom stereocenters. The zero-order valence-corrected chi connectivity index (χ0v) is 24.4. The zero-order valence-electron chi connectivity index (χ0n) is 20.2. The van der Waals surface area contributed by atoms with Crippen LogP contribution in [0, 0.1) is 0 Å². The fourth-order valence-electron chi connectivity index (χ4n) is 4.47. The van der Waals surface area contributed by atoms with Gasteiger partial charge in [0.1, 0.15) is 0 Å². The Balaban J connectivity index is 0.000000512. The molecule has 0 aromatic rings. The van der Waals surface area contributed by atoms with Crippen molar-refractivity contribution in [3.63, 3.8) is 0 Å². The van der Waals surface area contributed by atoms with Crippen LogP contribution in [-0.2, 0) is 29.6 Å². The molecule has 2 heterocycles. The summed E-state index contributed by atoms with van der Waals surface area (Å²) < 4.78 is 58.9. The van der Waals surface area contributed by atoms with Gasteiger partial charge in [-0.15, -0.1) is 15.8 Å². The van der Waals surface area contributed by atoms with Gasteiger partial charge in [0.2, 0.25) is 0 Å². The summed E-state index contributed by atoms with van der Waals surface area (Å²) in [6, 6.07) is 0. The standard InChI is InChI=1S/C14H28P2.C8H12.CHF3O3S.Rh/c1-11-5-6-12(2)15(11)9-10-16-13(3)7-8-14(16)4;1-2-4-6-8-7-5-3-1;2-1(3,4)8(5,6)7;/h11-14H,5-10H2,1-4H3;1-2,7-8H,3-6H2;(H,5,6,7);/p-1/b;2-1-,8-7-;;/t11-,12-,13-,14-;;;/m1.../s1. The predicted octanol–water partition coefficient (Wildman–Crippen LogP) is 7.81. The van der Waals surface area contributed by atoms with Crippen LogP contribution in [0.3, 0.4) is 0 Å². The van der Waals surface area contributed by atoms with Crippen molar-refractivity contribution in [2.75, 3.05) is 12.3 Å². The second kappa shape index (κ2) is 16.4. The van der Waals surface area contributed by atoms with Gasteiger partial charge in [-0.2, -0.15) is 13.2 Å². The maximum absolute atomic E-state index is 10.7. The van der Waals surface area contributed by atoms with Gasteiger partial charge in [0.05, 0.1) is 0 Å². The smallest absolute Gasteiger partial charge is 0.485 e. The Morgan fingerprint density at radius 2 is 0.939 bits per heavy atom. The van der Waals surface area contributed by atoms with E-state index in [0.717, 1.165) is 22.6 Å². The average Bonchev–Trinajstić information content (AvgIpc) is 3.14. The van der Waals surface area contributed by atoms with Crippen molar-refractivity contribution in [3.8, 4) is 0 Å². The molecular weight excluding hydrogens is 578 g/mol. The van der Waals surface area contributed by atoms with Gasteiger partial charge in [-0.1, -0.05) is 52.0 Å². The molecule has 4 atom stereocenters. The number of halogens is 3. The largest absolute Gasteiger partial charge is 0.741 e. The van der Waals surface area contributed by atoms with Crippen molar-refractivity contribution in [2.24, 2.45) is 0 Å². The van der Waals surface area contributed by atoms with E-state index in [1.165, 1.54) is 51.4 Å². The molecule has 0 aromatic heterocycles. The van der Waals surface area contributed by atoms with Crippen molar-refractivity contribution in [1.82, 2.24) is 0 Å². The summed E-state index contributed by atoms with van der Waals surface area (Å²) in [6.07, 6.45) is 23.3. The zero-order chi connectivity index (χ0) is 24.4. The SMILES string of the molecule is C1=C\CC/C=C\CC/1.C[C@@H]1CC[C@@H](C)P1CCP1[C@H](C)CC[C@H]1C.O=S(=O)([O-])C(F)(F)F.[Rh]. The molecule has 2 aliphatic heterocycles.